The number of anilines is 1. The normalized spacial score (nSPS) is 10.8. The number of hydrogen-bond donors (Lipinski definition) is 3. The molecule has 2 rings (SSSR count). The van der Waals surface area contributed by atoms with Gasteiger partial charge in [0, 0.05) is 22.3 Å². The fourth-order valence-electron chi connectivity index (χ4n) is 2.27. The van der Waals surface area contributed by atoms with Crippen molar-refractivity contribution in [2.24, 2.45) is 0 Å². The van der Waals surface area contributed by atoms with E-state index in [2.05, 4.69) is 31.9 Å². The average Bonchev–Trinajstić information content (AvgIpc) is 2.64. The molecule has 7 nitrogen and oxygen atoms in total. The molecule has 0 radical (unpaired) electrons. The van der Waals surface area contributed by atoms with E-state index in [1.807, 2.05) is 6.07 Å². The van der Waals surface area contributed by atoms with Crippen molar-refractivity contribution in [1.29, 1.82) is 0 Å². The van der Waals surface area contributed by atoms with Crippen molar-refractivity contribution < 1.29 is 19.1 Å². The Morgan fingerprint density at radius 2 is 1.69 bits per heavy atom. The average molecular weight is 462 g/mol. The highest BCUT2D eigenvalue weighted by Gasteiger charge is 2.16. The van der Waals surface area contributed by atoms with Gasteiger partial charge in [-0.3, -0.25) is 9.59 Å². The first kappa shape index (κ1) is 22.4. The van der Waals surface area contributed by atoms with Crippen LogP contribution in [0.15, 0.2) is 53.0 Å². The van der Waals surface area contributed by atoms with Gasteiger partial charge in [-0.25, -0.2) is 4.79 Å². The number of nitrogens with one attached hydrogen (secondary N) is 3. The molecule has 0 heterocycles. The van der Waals surface area contributed by atoms with E-state index in [1.165, 1.54) is 0 Å². The SMILES string of the molecule is CC(C)(C)OC(=O)NCC(=O)NCc1ccc(NC(=O)c2cccc(Br)c2)cc1. The number of rotatable bonds is 6. The highest BCUT2D eigenvalue weighted by Crippen LogP contribution is 2.15. The third kappa shape index (κ3) is 8.35. The van der Waals surface area contributed by atoms with Crippen LogP contribution >= 0.6 is 15.9 Å². The van der Waals surface area contributed by atoms with Crippen molar-refractivity contribution in [3.8, 4) is 0 Å². The van der Waals surface area contributed by atoms with Crippen molar-refractivity contribution in [3.05, 3.63) is 64.1 Å². The fraction of sp³-hybridized carbons (Fsp3) is 0.286. The zero-order valence-electron chi connectivity index (χ0n) is 16.5. The van der Waals surface area contributed by atoms with Crippen LogP contribution in [0, 0.1) is 0 Å². The molecule has 0 saturated carbocycles. The summed E-state index contributed by atoms with van der Waals surface area (Å²) < 4.78 is 5.90. The van der Waals surface area contributed by atoms with Gasteiger partial charge in [-0.2, -0.15) is 0 Å². The van der Waals surface area contributed by atoms with Crippen LogP contribution in [0.2, 0.25) is 0 Å². The molecule has 0 fully saturated rings. The molecule has 0 aromatic heterocycles. The van der Waals surface area contributed by atoms with E-state index < -0.39 is 11.7 Å². The Labute approximate surface area is 178 Å². The van der Waals surface area contributed by atoms with Crippen LogP contribution in [0.4, 0.5) is 10.5 Å². The lowest BCUT2D eigenvalue weighted by molar-refractivity contribution is -0.120. The summed E-state index contributed by atoms with van der Waals surface area (Å²) in [5, 5.41) is 7.93. The number of carbonyl (C=O) groups excluding carboxylic acids is 3. The van der Waals surface area contributed by atoms with Gasteiger partial charge in [0.1, 0.15) is 12.1 Å². The van der Waals surface area contributed by atoms with E-state index in [4.69, 9.17) is 4.74 Å². The van der Waals surface area contributed by atoms with E-state index in [9.17, 15) is 14.4 Å². The summed E-state index contributed by atoms with van der Waals surface area (Å²) in [5.41, 5.74) is 1.44. The van der Waals surface area contributed by atoms with Crippen molar-refractivity contribution in [2.45, 2.75) is 32.9 Å². The molecular formula is C21H24BrN3O4. The molecule has 0 aliphatic carbocycles. The van der Waals surface area contributed by atoms with Gasteiger partial charge >= 0.3 is 6.09 Å². The second-order valence-corrected chi connectivity index (χ2v) is 8.21. The highest BCUT2D eigenvalue weighted by molar-refractivity contribution is 9.10. The van der Waals surface area contributed by atoms with Gasteiger partial charge in [0.2, 0.25) is 5.91 Å². The number of hydrogen-bond acceptors (Lipinski definition) is 4. The van der Waals surface area contributed by atoms with Crippen molar-refractivity contribution in [3.63, 3.8) is 0 Å². The minimum Gasteiger partial charge on any atom is -0.444 e. The Balaban J connectivity index is 1.78. The molecule has 3 N–H and O–H groups in total. The third-order valence-electron chi connectivity index (χ3n) is 3.58. The van der Waals surface area contributed by atoms with Crippen molar-refractivity contribution in [1.82, 2.24) is 10.6 Å². The van der Waals surface area contributed by atoms with E-state index in [0.29, 0.717) is 17.8 Å². The third-order valence-corrected chi connectivity index (χ3v) is 4.07. The lowest BCUT2D eigenvalue weighted by atomic mass is 10.2. The molecule has 0 atom stereocenters. The first-order valence-electron chi connectivity index (χ1n) is 9.02. The minimum atomic E-state index is -0.641. The number of halogens is 1. The predicted octanol–water partition coefficient (Wildman–Crippen LogP) is 3.84. The number of ether oxygens (including phenoxy) is 1. The molecule has 8 heteroatoms. The summed E-state index contributed by atoms with van der Waals surface area (Å²) in [6, 6.07) is 14.2. The van der Waals surface area contributed by atoms with Gasteiger partial charge < -0.3 is 20.7 Å². The molecule has 2 aromatic rings. The van der Waals surface area contributed by atoms with Gasteiger partial charge in [0.05, 0.1) is 0 Å². The summed E-state index contributed by atoms with van der Waals surface area (Å²) in [5.74, 6) is -0.538. The second-order valence-electron chi connectivity index (χ2n) is 7.29. The standard InChI is InChI=1S/C21H24BrN3O4/c1-21(2,3)29-20(28)24-13-18(26)23-12-14-7-9-17(10-8-14)25-19(27)15-5-4-6-16(22)11-15/h4-11H,12-13H2,1-3H3,(H,23,26)(H,24,28)(H,25,27). The van der Waals surface area contributed by atoms with Crippen LogP contribution in [-0.2, 0) is 16.1 Å². The van der Waals surface area contributed by atoms with E-state index in [0.717, 1.165) is 10.0 Å². The Kier molecular flexibility index (Phi) is 7.78. The first-order chi connectivity index (χ1) is 13.6. The Bertz CT molecular complexity index is 876. The first-order valence-corrected chi connectivity index (χ1v) is 9.81. The van der Waals surface area contributed by atoms with Crippen LogP contribution < -0.4 is 16.0 Å². The number of amides is 3. The molecule has 0 bridgehead atoms. The molecule has 154 valence electrons. The highest BCUT2D eigenvalue weighted by atomic mass is 79.9. The molecule has 2 aromatic carbocycles. The molecule has 0 aliphatic rings. The van der Waals surface area contributed by atoms with Gasteiger partial charge in [0.25, 0.3) is 5.91 Å². The largest absolute Gasteiger partial charge is 0.444 e. The van der Waals surface area contributed by atoms with Crippen molar-refractivity contribution in [2.75, 3.05) is 11.9 Å². The Hall–Kier alpha value is -2.87. The van der Waals surface area contributed by atoms with Gasteiger partial charge in [-0.15, -0.1) is 0 Å². The van der Waals surface area contributed by atoms with Crippen LogP contribution in [0.3, 0.4) is 0 Å². The van der Waals surface area contributed by atoms with Gasteiger partial charge in [-0.1, -0.05) is 34.1 Å². The maximum Gasteiger partial charge on any atom is 0.408 e. The Morgan fingerprint density at radius 1 is 1.00 bits per heavy atom. The molecule has 0 saturated heterocycles. The molecule has 0 unspecified atom stereocenters. The lowest BCUT2D eigenvalue weighted by Crippen LogP contribution is -2.39. The summed E-state index contributed by atoms with van der Waals surface area (Å²) >= 11 is 3.34. The van der Waals surface area contributed by atoms with Gasteiger partial charge in [-0.05, 0) is 56.7 Å². The summed E-state index contributed by atoms with van der Waals surface area (Å²) in [6.07, 6.45) is -0.641. The summed E-state index contributed by atoms with van der Waals surface area (Å²) in [6.45, 7) is 5.37. The zero-order valence-corrected chi connectivity index (χ0v) is 18.1. The molecule has 0 aliphatic heterocycles. The van der Waals surface area contributed by atoms with E-state index in [-0.39, 0.29) is 18.4 Å². The molecule has 0 spiro atoms. The summed E-state index contributed by atoms with van der Waals surface area (Å²) in [4.78, 5) is 35.6. The Morgan fingerprint density at radius 3 is 2.31 bits per heavy atom. The second kappa shape index (κ2) is 10.1. The molecule has 3 amide bonds. The quantitative estimate of drug-likeness (QED) is 0.608. The monoisotopic (exact) mass is 461 g/mol. The smallest absolute Gasteiger partial charge is 0.408 e. The topological polar surface area (TPSA) is 96.5 Å². The van der Waals surface area contributed by atoms with Crippen LogP contribution in [0.5, 0.6) is 0 Å². The number of benzene rings is 2. The van der Waals surface area contributed by atoms with Crippen LogP contribution in [-0.4, -0.2) is 30.1 Å². The number of alkyl carbamates (subject to hydrolysis) is 1. The lowest BCUT2D eigenvalue weighted by Gasteiger charge is -2.19. The van der Waals surface area contributed by atoms with Crippen molar-refractivity contribution >= 4 is 39.5 Å². The fourth-order valence-corrected chi connectivity index (χ4v) is 2.67. The van der Waals surface area contributed by atoms with E-state index in [1.54, 1.807) is 63.2 Å². The minimum absolute atomic E-state index is 0.171. The maximum atomic E-state index is 12.2. The summed E-state index contributed by atoms with van der Waals surface area (Å²) in [7, 11) is 0. The maximum absolute atomic E-state index is 12.2. The van der Waals surface area contributed by atoms with Crippen LogP contribution in [0.1, 0.15) is 36.7 Å². The van der Waals surface area contributed by atoms with Gasteiger partial charge in [0.15, 0.2) is 0 Å². The zero-order chi connectivity index (χ0) is 21.4. The predicted molar refractivity (Wildman–Crippen MR) is 115 cm³/mol. The molecule has 29 heavy (non-hydrogen) atoms. The van der Waals surface area contributed by atoms with Crippen LogP contribution in [0.25, 0.3) is 0 Å². The molecular weight excluding hydrogens is 438 g/mol. The van der Waals surface area contributed by atoms with E-state index >= 15 is 0 Å². The number of carbonyl (C=O) groups is 3.